The van der Waals surface area contributed by atoms with Crippen molar-refractivity contribution in [1.29, 1.82) is 0 Å². The van der Waals surface area contributed by atoms with Crippen LogP contribution in [0.2, 0.25) is 0 Å². The van der Waals surface area contributed by atoms with Crippen LogP contribution < -0.4 is 0 Å². The minimum Gasteiger partial charge on any atom is -0.0651 e. The average Bonchev–Trinajstić information content (AvgIpc) is 3.04. The van der Waals surface area contributed by atoms with Crippen molar-refractivity contribution in [2.24, 2.45) is 5.92 Å². The van der Waals surface area contributed by atoms with Crippen LogP contribution in [0.15, 0.2) is 18.2 Å². The third kappa shape index (κ3) is 2.84. The molecule has 0 unspecified atom stereocenters. The Kier molecular flexibility index (Phi) is 3.45. The van der Waals surface area contributed by atoms with Crippen molar-refractivity contribution in [3.63, 3.8) is 0 Å². The molecule has 0 radical (unpaired) electrons. The molecule has 1 aromatic carbocycles. The summed E-state index contributed by atoms with van der Waals surface area (Å²) in [6.45, 7) is 4.53. The lowest BCUT2D eigenvalue weighted by molar-refractivity contribution is 0.825. The predicted octanol–water partition coefficient (Wildman–Crippen LogP) is 4.15. The van der Waals surface area contributed by atoms with Crippen molar-refractivity contribution in [3.05, 3.63) is 34.9 Å². The summed E-state index contributed by atoms with van der Waals surface area (Å²) in [6.07, 6.45) is 7.92. The van der Waals surface area contributed by atoms with Crippen molar-refractivity contribution < 1.29 is 0 Å². The Morgan fingerprint density at radius 1 is 1.13 bits per heavy atom. The van der Waals surface area contributed by atoms with Gasteiger partial charge in [0.2, 0.25) is 0 Å². The van der Waals surface area contributed by atoms with Crippen molar-refractivity contribution in [1.82, 2.24) is 0 Å². The molecule has 0 bridgehead atoms. The Bertz CT molecular complexity index is 321. The van der Waals surface area contributed by atoms with Crippen LogP contribution in [0.25, 0.3) is 0 Å². The van der Waals surface area contributed by atoms with E-state index in [2.05, 4.69) is 32.0 Å². The van der Waals surface area contributed by atoms with E-state index in [1.807, 2.05) is 0 Å². The number of aryl methyl sites for hydroxylation is 2. The summed E-state index contributed by atoms with van der Waals surface area (Å²) in [6, 6.07) is 7.16. The first-order valence-corrected chi connectivity index (χ1v) is 6.44. The molecule has 0 amide bonds. The maximum Gasteiger partial charge on any atom is -0.0250 e. The minimum absolute atomic E-state index is 1.01. The highest BCUT2D eigenvalue weighted by Gasteiger charge is 2.21. The molecule has 1 saturated carbocycles. The van der Waals surface area contributed by atoms with Crippen molar-refractivity contribution in [2.45, 2.75) is 52.4 Å². The van der Waals surface area contributed by atoms with Gasteiger partial charge in [-0.2, -0.15) is 0 Å². The number of hydrogen-bond donors (Lipinski definition) is 0. The molecule has 1 aliphatic rings. The molecule has 1 aromatic rings. The summed E-state index contributed by atoms with van der Waals surface area (Å²) in [5.74, 6) is 1.01. The van der Waals surface area contributed by atoms with E-state index in [-0.39, 0.29) is 0 Å². The molecule has 2 rings (SSSR count). The summed E-state index contributed by atoms with van der Waals surface area (Å²) in [7, 11) is 0. The van der Waals surface area contributed by atoms with Gasteiger partial charge >= 0.3 is 0 Å². The summed E-state index contributed by atoms with van der Waals surface area (Å²) in [5, 5.41) is 0. The Hall–Kier alpha value is -0.780. The number of rotatable bonds is 5. The predicted molar refractivity (Wildman–Crippen MR) is 66.2 cm³/mol. The molecule has 0 heteroatoms. The second-order valence-electron chi connectivity index (χ2n) is 4.85. The maximum atomic E-state index is 2.45. The van der Waals surface area contributed by atoms with Crippen molar-refractivity contribution in [2.75, 3.05) is 0 Å². The first-order valence-electron chi connectivity index (χ1n) is 6.44. The fourth-order valence-corrected chi connectivity index (χ4v) is 2.30. The molecule has 1 fully saturated rings. The molecular weight excluding hydrogens is 180 g/mol. The van der Waals surface area contributed by atoms with E-state index < -0.39 is 0 Å². The zero-order valence-electron chi connectivity index (χ0n) is 10.1. The zero-order valence-corrected chi connectivity index (χ0v) is 10.1. The Balaban J connectivity index is 2.12. The Morgan fingerprint density at radius 3 is 2.53 bits per heavy atom. The molecule has 0 N–H and O–H groups in total. The number of benzene rings is 1. The lowest BCUT2D eigenvalue weighted by Crippen LogP contribution is -1.96. The first kappa shape index (κ1) is 10.7. The van der Waals surface area contributed by atoms with Gasteiger partial charge in [0, 0.05) is 0 Å². The molecule has 82 valence electrons. The van der Waals surface area contributed by atoms with Crippen LogP contribution in [0.4, 0.5) is 0 Å². The van der Waals surface area contributed by atoms with Crippen molar-refractivity contribution >= 4 is 0 Å². The largest absolute Gasteiger partial charge is 0.0651 e. The highest BCUT2D eigenvalue weighted by molar-refractivity contribution is 5.32. The zero-order chi connectivity index (χ0) is 10.7. The third-order valence-corrected chi connectivity index (χ3v) is 3.39. The van der Waals surface area contributed by atoms with E-state index in [0.717, 1.165) is 5.92 Å². The van der Waals surface area contributed by atoms with E-state index in [1.165, 1.54) is 38.5 Å². The highest BCUT2D eigenvalue weighted by atomic mass is 14.3. The van der Waals surface area contributed by atoms with Crippen LogP contribution in [-0.4, -0.2) is 0 Å². The smallest absolute Gasteiger partial charge is 0.0250 e. The van der Waals surface area contributed by atoms with Crippen LogP contribution in [0, 0.1) is 5.92 Å². The molecule has 15 heavy (non-hydrogen) atoms. The van der Waals surface area contributed by atoms with Gasteiger partial charge in [0.1, 0.15) is 0 Å². The van der Waals surface area contributed by atoms with Crippen molar-refractivity contribution in [3.8, 4) is 0 Å². The summed E-state index contributed by atoms with van der Waals surface area (Å²) >= 11 is 0. The molecular formula is C15H22. The van der Waals surface area contributed by atoms with Gasteiger partial charge in [-0.3, -0.25) is 0 Å². The molecule has 0 atom stereocenters. The fraction of sp³-hybridized carbons (Fsp3) is 0.600. The quantitative estimate of drug-likeness (QED) is 0.672. The average molecular weight is 202 g/mol. The van der Waals surface area contributed by atoms with Crippen LogP contribution in [0.1, 0.15) is 49.8 Å². The molecule has 0 heterocycles. The van der Waals surface area contributed by atoms with Crippen LogP contribution in [0.3, 0.4) is 0 Å². The SMILES string of the molecule is CCCc1ccc(CC2CC2)cc1CC. The summed E-state index contributed by atoms with van der Waals surface area (Å²) in [5.41, 5.74) is 4.71. The van der Waals surface area contributed by atoms with E-state index >= 15 is 0 Å². The minimum atomic E-state index is 1.01. The van der Waals surface area contributed by atoms with Crippen LogP contribution in [0.5, 0.6) is 0 Å². The molecule has 0 aliphatic heterocycles. The van der Waals surface area contributed by atoms with E-state index in [1.54, 1.807) is 16.7 Å². The Labute approximate surface area is 93.7 Å². The van der Waals surface area contributed by atoms with Gasteiger partial charge < -0.3 is 0 Å². The first-order chi connectivity index (χ1) is 7.33. The third-order valence-electron chi connectivity index (χ3n) is 3.39. The van der Waals surface area contributed by atoms with Gasteiger partial charge in [-0.1, -0.05) is 38.5 Å². The normalized spacial score (nSPS) is 15.6. The van der Waals surface area contributed by atoms with Gasteiger partial charge in [-0.05, 0) is 54.7 Å². The maximum absolute atomic E-state index is 2.45. The molecule has 0 spiro atoms. The monoisotopic (exact) mass is 202 g/mol. The molecule has 1 aliphatic carbocycles. The second kappa shape index (κ2) is 4.83. The lowest BCUT2D eigenvalue weighted by atomic mass is 9.96. The van der Waals surface area contributed by atoms with Gasteiger partial charge in [0.15, 0.2) is 0 Å². The Morgan fingerprint density at radius 2 is 1.93 bits per heavy atom. The van der Waals surface area contributed by atoms with E-state index in [9.17, 15) is 0 Å². The summed E-state index contributed by atoms with van der Waals surface area (Å²) in [4.78, 5) is 0. The molecule has 0 saturated heterocycles. The highest BCUT2D eigenvalue weighted by Crippen LogP contribution is 2.33. The lowest BCUT2D eigenvalue weighted by Gasteiger charge is -2.09. The van der Waals surface area contributed by atoms with E-state index in [0.29, 0.717) is 0 Å². The van der Waals surface area contributed by atoms with Gasteiger partial charge in [-0.25, -0.2) is 0 Å². The molecule has 0 nitrogen and oxygen atoms in total. The molecule has 0 aromatic heterocycles. The second-order valence-corrected chi connectivity index (χ2v) is 4.85. The fourth-order valence-electron chi connectivity index (χ4n) is 2.30. The van der Waals surface area contributed by atoms with Crippen LogP contribution in [-0.2, 0) is 19.3 Å². The van der Waals surface area contributed by atoms with Crippen LogP contribution >= 0.6 is 0 Å². The van der Waals surface area contributed by atoms with E-state index in [4.69, 9.17) is 0 Å². The van der Waals surface area contributed by atoms with Gasteiger partial charge in [0.25, 0.3) is 0 Å². The van der Waals surface area contributed by atoms with Gasteiger partial charge in [-0.15, -0.1) is 0 Å². The number of hydrogen-bond acceptors (Lipinski definition) is 0. The summed E-state index contributed by atoms with van der Waals surface area (Å²) < 4.78 is 0. The van der Waals surface area contributed by atoms with Gasteiger partial charge in [0.05, 0.1) is 0 Å². The standard InChI is InChI=1S/C15H22/c1-3-5-15-9-8-13(10-12-6-7-12)11-14(15)4-2/h8-9,11-12H,3-7,10H2,1-2H3. The topological polar surface area (TPSA) is 0 Å².